The zero-order valence-electron chi connectivity index (χ0n) is 17.4. The van der Waals surface area contributed by atoms with Crippen molar-refractivity contribution in [2.45, 2.75) is 26.8 Å². The van der Waals surface area contributed by atoms with Crippen molar-refractivity contribution in [1.82, 2.24) is 10.2 Å². The molecular weight excluding hydrogens is 418 g/mol. The van der Waals surface area contributed by atoms with E-state index in [1.165, 1.54) is 4.90 Å². The first-order chi connectivity index (χ1) is 14.7. The third kappa shape index (κ3) is 4.01. The van der Waals surface area contributed by atoms with Crippen LogP contribution >= 0.6 is 11.6 Å². The fourth-order valence-electron chi connectivity index (χ4n) is 3.80. The van der Waals surface area contributed by atoms with E-state index in [0.717, 1.165) is 22.3 Å². The molecule has 0 spiro atoms. The smallest absolute Gasteiger partial charge is 0.338 e. The number of esters is 1. The van der Waals surface area contributed by atoms with Gasteiger partial charge in [0.15, 0.2) is 0 Å². The molecule has 2 aromatic rings. The fraction of sp³-hybridized carbons (Fsp3) is 0.261. The summed E-state index contributed by atoms with van der Waals surface area (Å²) in [6.45, 7) is 5.43. The summed E-state index contributed by atoms with van der Waals surface area (Å²) in [7, 11) is 0. The van der Waals surface area contributed by atoms with Crippen molar-refractivity contribution in [3.8, 4) is 0 Å². The summed E-state index contributed by atoms with van der Waals surface area (Å²) in [4.78, 5) is 39.3. The lowest BCUT2D eigenvalue weighted by molar-refractivity contribution is -0.136. The van der Waals surface area contributed by atoms with Gasteiger partial charge in [-0.15, -0.1) is 0 Å². The van der Waals surface area contributed by atoms with Gasteiger partial charge in [-0.05, 0) is 49.6 Å². The Kier molecular flexibility index (Phi) is 5.45. The average Bonchev–Trinajstić information content (AvgIpc) is 3.10. The Morgan fingerprint density at radius 2 is 1.90 bits per heavy atom. The summed E-state index contributed by atoms with van der Waals surface area (Å²) in [5.41, 5.74) is 4.99. The molecule has 0 fully saturated rings. The van der Waals surface area contributed by atoms with E-state index in [4.69, 9.17) is 16.3 Å². The van der Waals surface area contributed by atoms with Gasteiger partial charge in [-0.3, -0.25) is 9.69 Å². The van der Waals surface area contributed by atoms with E-state index in [9.17, 15) is 14.4 Å². The molecule has 2 aromatic carbocycles. The van der Waals surface area contributed by atoms with Gasteiger partial charge in [-0.2, -0.15) is 0 Å². The van der Waals surface area contributed by atoms with Crippen LogP contribution in [-0.2, 0) is 14.3 Å². The predicted molar refractivity (Wildman–Crippen MR) is 117 cm³/mol. The number of rotatable bonds is 4. The van der Waals surface area contributed by atoms with Crippen molar-refractivity contribution in [3.63, 3.8) is 0 Å². The van der Waals surface area contributed by atoms with Crippen molar-refractivity contribution in [2.75, 3.05) is 18.5 Å². The summed E-state index contributed by atoms with van der Waals surface area (Å²) < 4.78 is 5.23. The van der Waals surface area contributed by atoms with Crippen molar-refractivity contribution in [2.24, 2.45) is 0 Å². The molecule has 160 valence electrons. The lowest BCUT2D eigenvalue weighted by atomic mass is 9.91. The van der Waals surface area contributed by atoms with E-state index in [2.05, 4.69) is 10.6 Å². The van der Waals surface area contributed by atoms with Crippen molar-refractivity contribution >= 4 is 35.2 Å². The zero-order valence-corrected chi connectivity index (χ0v) is 18.2. The van der Waals surface area contributed by atoms with Crippen LogP contribution in [-0.4, -0.2) is 36.0 Å². The quantitative estimate of drug-likeness (QED) is 0.709. The van der Waals surface area contributed by atoms with E-state index in [0.29, 0.717) is 22.0 Å². The number of benzene rings is 2. The van der Waals surface area contributed by atoms with Crippen LogP contribution in [0.2, 0.25) is 5.02 Å². The van der Waals surface area contributed by atoms with Gasteiger partial charge in [-0.1, -0.05) is 41.4 Å². The van der Waals surface area contributed by atoms with Gasteiger partial charge in [0.25, 0.3) is 0 Å². The van der Waals surface area contributed by atoms with Crippen LogP contribution in [0.3, 0.4) is 0 Å². The van der Waals surface area contributed by atoms with Crippen LogP contribution in [0.5, 0.6) is 0 Å². The number of nitrogens with zero attached hydrogens (tertiary/aromatic N) is 1. The third-order valence-corrected chi connectivity index (χ3v) is 5.91. The molecule has 2 N–H and O–H groups in total. The third-order valence-electron chi connectivity index (χ3n) is 5.50. The Morgan fingerprint density at radius 3 is 2.65 bits per heavy atom. The maximum atomic E-state index is 12.9. The maximum absolute atomic E-state index is 12.9. The van der Waals surface area contributed by atoms with Crippen LogP contribution < -0.4 is 10.6 Å². The molecular formula is C23H22ClN3O4. The largest absolute Gasteiger partial charge is 0.456 e. The van der Waals surface area contributed by atoms with Gasteiger partial charge in [0, 0.05) is 10.7 Å². The van der Waals surface area contributed by atoms with Crippen molar-refractivity contribution in [1.29, 1.82) is 0 Å². The standard InChI is InChI=1S/C23H22ClN3O4/c1-12-4-5-13(2)16(8-12)21-20-18(11-31-22(20)29)27(23(30)26-21)10-19(28)25-15-7-6-14(3)17(24)9-15/h4-9,21H,10-11H2,1-3H3,(H,25,28)(H,26,30). The van der Waals surface area contributed by atoms with Crippen LogP contribution in [0.25, 0.3) is 0 Å². The van der Waals surface area contributed by atoms with Gasteiger partial charge in [0.05, 0.1) is 17.3 Å². The van der Waals surface area contributed by atoms with Crippen molar-refractivity contribution < 1.29 is 19.1 Å². The number of amides is 3. The van der Waals surface area contributed by atoms with Gasteiger partial charge < -0.3 is 15.4 Å². The Hall–Kier alpha value is -3.32. The van der Waals surface area contributed by atoms with Crippen LogP contribution in [0.1, 0.15) is 28.3 Å². The van der Waals surface area contributed by atoms with Crippen molar-refractivity contribution in [3.05, 3.63) is 74.9 Å². The number of carbonyl (C=O) groups is 3. The number of anilines is 1. The Balaban J connectivity index is 1.61. The average molecular weight is 440 g/mol. The first kappa shape index (κ1) is 20.9. The molecule has 1 atom stereocenters. The van der Waals surface area contributed by atoms with Crippen LogP contribution in [0, 0.1) is 20.8 Å². The number of halogens is 1. The summed E-state index contributed by atoms with van der Waals surface area (Å²) in [5, 5.41) is 6.13. The lowest BCUT2D eigenvalue weighted by Crippen LogP contribution is -2.49. The molecule has 0 saturated heterocycles. The van der Waals surface area contributed by atoms with Crippen LogP contribution in [0.4, 0.5) is 10.5 Å². The normalized spacial score (nSPS) is 17.9. The molecule has 8 heteroatoms. The Morgan fingerprint density at radius 1 is 1.16 bits per heavy atom. The predicted octanol–water partition coefficient (Wildman–Crippen LogP) is 3.78. The summed E-state index contributed by atoms with van der Waals surface area (Å²) in [6, 6.07) is 9.97. The molecule has 0 radical (unpaired) electrons. The first-order valence-electron chi connectivity index (χ1n) is 9.86. The molecule has 1 unspecified atom stereocenters. The molecule has 0 aromatic heterocycles. The van der Waals surface area contributed by atoms with E-state index in [-0.39, 0.29) is 13.2 Å². The number of ether oxygens (including phenoxy) is 1. The summed E-state index contributed by atoms with van der Waals surface area (Å²) >= 11 is 6.11. The molecule has 2 heterocycles. The topological polar surface area (TPSA) is 87.7 Å². The SMILES string of the molecule is Cc1ccc(C)c(C2NC(=O)N(CC(=O)Nc3ccc(C)c(Cl)c3)C3=C2C(=O)OC3)c1. The van der Waals surface area contributed by atoms with E-state index in [1.807, 2.05) is 39.0 Å². The number of aryl methyl sites for hydroxylation is 3. The minimum Gasteiger partial charge on any atom is -0.456 e. The second-order valence-electron chi connectivity index (χ2n) is 7.78. The number of cyclic esters (lactones) is 1. The van der Waals surface area contributed by atoms with Crippen LogP contribution in [0.15, 0.2) is 47.7 Å². The number of hydrogen-bond acceptors (Lipinski definition) is 4. The minimum atomic E-state index is -0.618. The lowest BCUT2D eigenvalue weighted by Gasteiger charge is -2.33. The molecule has 2 aliphatic rings. The van der Waals surface area contributed by atoms with Gasteiger partial charge in [-0.25, -0.2) is 9.59 Å². The van der Waals surface area contributed by atoms with E-state index in [1.54, 1.807) is 18.2 Å². The number of hydrogen-bond donors (Lipinski definition) is 2. The molecule has 31 heavy (non-hydrogen) atoms. The highest BCUT2D eigenvalue weighted by molar-refractivity contribution is 6.31. The van der Waals surface area contributed by atoms with Gasteiger partial charge in [0.1, 0.15) is 13.2 Å². The zero-order chi connectivity index (χ0) is 22.3. The Labute approximate surface area is 185 Å². The second-order valence-corrected chi connectivity index (χ2v) is 8.18. The second kappa shape index (κ2) is 8.07. The van der Waals surface area contributed by atoms with E-state index >= 15 is 0 Å². The van der Waals surface area contributed by atoms with E-state index < -0.39 is 23.9 Å². The molecule has 7 nitrogen and oxygen atoms in total. The fourth-order valence-corrected chi connectivity index (χ4v) is 3.98. The van der Waals surface area contributed by atoms with Gasteiger partial charge in [0.2, 0.25) is 5.91 Å². The molecule has 0 bridgehead atoms. The Bertz CT molecular complexity index is 1140. The molecule has 0 saturated carbocycles. The van der Waals surface area contributed by atoms with Gasteiger partial charge >= 0.3 is 12.0 Å². The summed E-state index contributed by atoms with van der Waals surface area (Å²) in [5.74, 6) is -0.900. The maximum Gasteiger partial charge on any atom is 0.338 e. The highest BCUT2D eigenvalue weighted by Crippen LogP contribution is 2.36. The number of urea groups is 1. The summed E-state index contributed by atoms with van der Waals surface area (Å²) in [6.07, 6.45) is 0. The molecule has 4 rings (SSSR count). The molecule has 3 amide bonds. The number of nitrogens with one attached hydrogen (secondary N) is 2. The molecule has 0 aliphatic carbocycles. The minimum absolute atomic E-state index is 0.0490. The number of carbonyl (C=O) groups excluding carboxylic acids is 3. The monoisotopic (exact) mass is 439 g/mol. The first-order valence-corrected chi connectivity index (χ1v) is 10.2. The highest BCUT2D eigenvalue weighted by Gasteiger charge is 2.43. The molecule has 2 aliphatic heterocycles. The highest BCUT2D eigenvalue weighted by atomic mass is 35.5.